The van der Waals surface area contributed by atoms with E-state index in [1.807, 2.05) is 31.2 Å². The Balaban J connectivity index is 1.70. The van der Waals surface area contributed by atoms with Crippen molar-refractivity contribution in [2.75, 3.05) is 0 Å². The highest BCUT2D eigenvalue weighted by Crippen LogP contribution is 2.50. The molecule has 0 amide bonds. The first-order chi connectivity index (χ1) is 9.67. The van der Waals surface area contributed by atoms with Crippen molar-refractivity contribution in [3.63, 3.8) is 0 Å². The van der Waals surface area contributed by atoms with E-state index in [0.717, 1.165) is 23.0 Å². The highest BCUT2D eigenvalue weighted by Gasteiger charge is 2.40. The van der Waals surface area contributed by atoms with Crippen LogP contribution in [0.4, 0.5) is 0 Å². The number of rotatable bonds is 4. The van der Waals surface area contributed by atoms with Gasteiger partial charge in [-0.1, -0.05) is 36.2 Å². The van der Waals surface area contributed by atoms with Crippen LogP contribution in [0.5, 0.6) is 0 Å². The van der Waals surface area contributed by atoms with Gasteiger partial charge < -0.3 is 0 Å². The van der Waals surface area contributed by atoms with Crippen molar-refractivity contribution in [3.8, 4) is 6.07 Å². The van der Waals surface area contributed by atoms with E-state index in [2.05, 4.69) is 6.07 Å². The molecule has 2 fully saturated rings. The number of hydrogen-bond donors (Lipinski definition) is 0. The summed E-state index contributed by atoms with van der Waals surface area (Å²) in [4.78, 5) is 12.5. The van der Waals surface area contributed by atoms with Crippen LogP contribution in [0.1, 0.15) is 49.1 Å². The zero-order valence-electron chi connectivity index (χ0n) is 12.0. The monoisotopic (exact) mass is 267 g/mol. The van der Waals surface area contributed by atoms with Crippen LogP contribution in [0.3, 0.4) is 0 Å². The minimum absolute atomic E-state index is 0.121. The zero-order chi connectivity index (χ0) is 14.1. The number of carbonyl (C=O) groups excluding carboxylic acids is 1. The van der Waals surface area contributed by atoms with E-state index >= 15 is 0 Å². The van der Waals surface area contributed by atoms with Crippen LogP contribution in [0.2, 0.25) is 0 Å². The van der Waals surface area contributed by atoms with Crippen molar-refractivity contribution in [3.05, 3.63) is 35.4 Å². The summed E-state index contributed by atoms with van der Waals surface area (Å²) in [5, 5.41) is 9.38. The molecule has 104 valence electrons. The first-order valence-electron chi connectivity index (χ1n) is 7.66. The molecule has 2 heteroatoms. The molecule has 0 aliphatic heterocycles. The number of carbonyl (C=O) groups is 1. The van der Waals surface area contributed by atoms with Gasteiger partial charge in [-0.3, -0.25) is 4.79 Å². The number of fused-ring (bicyclic) bond motifs is 2. The Hall–Kier alpha value is -1.62. The molecule has 0 saturated heterocycles. The van der Waals surface area contributed by atoms with Gasteiger partial charge in [-0.15, -0.1) is 0 Å². The van der Waals surface area contributed by atoms with E-state index in [9.17, 15) is 10.1 Å². The predicted octanol–water partition coefficient (Wildman–Crippen LogP) is 4.00. The lowest BCUT2D eigenvalue weighted by Crippen LogP contribution is -2.19. The summed E-state index contributed by atoms with van der Waals surface area (Å²) >= 11 is 0. The third-order valence-corrected chi connectivity index (χ3v) is 5.17. The molecule has 1 aromatic carbocycles. The average molecular weight is 267 g/mol. The van der Waals surface area contributed by atoms with Crippen LogP contribution in [0, 0.1) is 36.0 Å². The van der Waals surface area contributed by atoms with E-state index in [1.54, 1.807) is 0 Å². The molecule has 2 saturated carbocycles. The Morgan fingerprint density at radius 3 is 2.85 bits per heavy atom. The van der Waals surface area contributed by atoms with Crippen molar-refractivity contribution in [1.82, 2.24) is 0 Å². The van der Waals surface area contributed by atoms with Gasteiger partial charge in [0.15, 0.2) is 5.78 Å². The van der Waals surface area contributed by atoms with E-state index < -0.39 is 5.92 Å². The van der Waals surface area contributed by atoms with Crippen LogP contribution in [0.15, 0.2) is 24.3 Å². The topological polar surface area (TPSA) is 40.9 Å². The average Bonchev–Trinajstić information content (AvgIpc) is 3.02. The Bertz CT molecular complexity index is 557. The molecule has 0 radical (unpaired) electrons. The molecule has 2 aliphatic rings. The molecule has 4 atom stereocenters. The van der Waals surface area contributed by atoms with Gasteiger partial charge >= 0.3 is 0 Å². The second-order valence-electron chi connectivity index (χ2n) is 6.58. The zero-order valence-corrected chi connectivity index (χ0v) is 12.0. The second kappa shape index (κ2) is 5.40. The maximum absolute atomic E-state index is 12.5. The molecule has 4 unspecified atom stereocenters. The summed E-state index contributed by atoms with van der Waals surface area (Å²) in [5.41, 5.74) is 1.97. The normalized spacial score (nSPS) is 29.1. The quantitative estimate of drug-likeness (QED) is 0.827. The number of aryl methyl sites for hydroxylation is 1. The maximum Gasteiger partial charge on any atom is 0.154 e. The van der Waals surface area contributed by atoms with Gasteiger partial charge in [-0.05, 0) is 49.5 Å². The van der Waals surface area contributed by atoms with Crippen LogP contribution in [-0.2, 0) is 4.79 Å². The lowest BCUT2D eigenvalue weighted by Gasteiger charge is -2.21. The Morgan fingerprint density at radius 2 is 2.25 bits per heavy atom. The first kappa shape index (κ1) is 13.4. The number of ketones is 1. The molecule has 0 aromatic heterocycles. The smallest absolute Gasteiger partial charge is 0.154 e. The summed E-state index contributed by atoms with van der Waals surface area (Å²) in [6.45, 7) is 2.00. The minimum Gasteiger partial charge on any atom is -0.298 e. The fourth-order valence-electron chi connectivity index (χ4n) is 4.18. The van der Waals surface area contributed by atoms with Gasteiger partial charge in [0.2, 0.25) is 0 Å². The van der Waals surface area contributed by atoms with Crippen LogP contribution < -0.4 is 0 Å². The molecular weight excluding hydrogens is 246 g/mol. The third-order valence-electron chi connectivity index (χ3n) is 5.17. The highest BCUT2D eigenvalue weighted by molar-refractivity contribution is 5.88. The van der Waals surface area contributed by atoms with Crippen molar-refractivity contribution in [1.29, 1.82) is 5.26 Å². The second-order valence-corrected chi connectivity index (χ2v) is 6.58. The summed E-state index contributed by atoms with van der Waals surface area (Å²) in [5.74, 6) is 1.70. The van der Waals surface area contributed by atoms with E-state index in [4.69, 9.17) is 0 Å². The summed E-state index contributed by atoms with van der Waals surface area (Å²) in [6, 6.07) is 10.0. The van der Waals surface area contributed by atoms with E-state index in [-0.39, 0.29) is 5.78 Å². The Labute approximate surface area is 120 Å². The van der Waals surface area contributed by atoms with Crippen molar-refractivity contribution < 1.29 is 4.79 Å². The van der Waals surface area contributed by atoms with E-state index in [1.165, 1.54) is 25.7 Å². The van der Waals surface area contributed by atoms with Gasteiger partial charge in [0, 0.05) is 6.42 Å². The third kappa shape index (κ3) is 2.50. The SMILES string of the molecule is Cc1cccc(C(C#N)C(=O)CC2CC3CCC2C3)c1. The first-order valence-corrected chi connectivity index (χ1v) is 7.66. The number of benzene rings is 1. The predicted molar refractivity (Wildman–Crippen MR) is 78.1 cm³/mol. The summed E-state index contributed by atoms with van der Waals surface area (Å²) in [6.07, 6.45) is 5.79. The number of nitrogens with zero attached hydrogens (tertiary/aromatic N) is 1. The maximum atomic E-state index is 12.5. The van der Waals surface area contributed by atoms with E-state index in [0.29, 0.717) is 12.3 Å². The van der Waals surface area contributed by atoms with Crippen LogP contribution in [-0.4, -0.2) is 5.78 Å². The molecular formula is C18H21NO. The van der Waals surface area contributed by atoms with Gasteiger partial charge in [0.1, 0.15) is 5.92 Å². The van der Waals surface area contributed by atoms with Gasteiger partial charge in [-0.2, -0.15) is 5.26 Å². The van der Waals surface area contributed by atoms with Gasteiger partial charge in [-0.25, -0.2) is 0 Å². The number of Topliss-reactive ketones (excluding diaryl/α,β-unsaturated/α-hetero) is 1. The van der Waals surface area contributed by atoms with Crippen LogP contribution >= 0.6 is 0 Å². The van der Waals surface area contributed by atoms with Crippen molar-refractivity contribution in [2.45, 2.75) is 44.9 Å². The number of nitriles is 1. The van der Waals surface area contributed by atoms with Crippen LogP contribution in [0.25, 0.3) is 0 Å². The molecule has 2 aliphatic carbocycles. The Kier molecular flexibility index (Phi) is 3.61. The fourth-order valence-corrected chi connectivity index (χ4v) is 4.18. The highest BCUT2D eigenvalue weighted by atomic mass is 16.1. The molecule has 0 spiro atoms. The minimum atomic E-state index is -0.575. The molecule has 0 N–H and O–H groups in total. The molecule has 1 aromatic rings. The molecule has 2 bridgehead atoms. The molecule has 0 heterocycles. The fraction of sp³-hybridized carbons (Fsp3) is 0.556. The van der Waals surface area contributed by atoms with Crippen molar-refractivity contribution in [2.24, 2.45) is 17.8 Å². The molecule has 2 nitrogen and oxygen atoms in total. The standard InChI is InChI=1S/C18H21NO/c1-12-3-2-4-15(7-12)17(11-19)18(20)10-16-9-13-5-6-14(16)8-13/h2-4,7,13-14,16-17H,5-6,8-10H2,1H3. The lowest BCUT2D eigenvalue weighted by atomic mass is 9.82. The number of hydrogen-bond acceptors (Lipinski definition) is 2. The van der Waals surface area contributed by atoms with Crippen molar-refractivity contribution >= 4 is 5.78 Å². The Morgan fingerprint density at radius 1 is 1.40 bits per heavy atom. The largest absolute Gasteiger partial charge is 0.298 e. The lowest BCUT2D eigenvalue weighted by molar-refractivity contribution is -0.120. The van der Waals surface area contributed by atoms with Gasteiger partial charge in [0.05, 0.1) is 6.07 Å². The molecule has 20 heavy (non-hydrogen) atoms. The van der Waals surface area contributed by atoms with Gasteiger partial charge in [0.25, 0.3) is 0 Å². The summed E-state index contributed by atoms with van der Waals surface area (Å²) in [7, 11) is 0. The summed E-state index contributed by atoms with van der Waals surface area (Å²) < 4.78 is 0. The molecule has 3 rings (SSSR count).